The van der Waals surface area contributed by atoms with Gasteiger partial charge in [-0.3, -0.25) is 9.59 Å². The van der Waals surface area contributed by atoms with E-state index in [4.69, 9.17) is 4.74 Å². The standard InChI is InChI=1S/C13H18O4/c1-3-10(11(14)17-4-2)13(12(15)16)8-6-5-7-9-13/h3-4,10H,1-2,5-9H2,(H,15,16). The van der Waals surface area contributed by atoms with Gasteiger partial charge in [-0.1, -0.05) is 31.9 Å². The van der Waals surface area contributed by atoms with Crippen LogP contribution in [0.4, 0.5) is 0 Å². The van der Waals surface area contributed by atoms with Gasteiger partial charge in [-0.25, -0.2) is 0 Å². The zero-order chi connectivity index (χ0) is 12.9. The molecule has 17 heavy (non-hydrogen) atoms. The second kappa shape index (κ2) is 5.66. The summed E-state index contributed by atoms with van der Waals surface area (Å²) in [4.78, 5) is 23.3. The Labute approximate surface area is 101 Å². The molecule has 1 N–H and O–H groups in total. The third-order valence-corrected chi connectivity index (χ3v) is 3.46. The molecule has 0 amide bonds. The molecule has 94 valence electrons. The van der Waals surface area contributed by atoms with Crippen LogP contribution in [0.15, 0.2) is 25.5 Å². The highest BCUT2D eigenvalue weighted by Gasteiger charge is 2.49. The summed E-state index contributed by atoms with van der Waals surface area (Å²) in [5, 5.41) is 9.43. The maximum atomic E-state index is 11.8. The van der Waals surface area contributed by atoms with E-state index in [0.29, 0.717) is 12.8 Å². The van der Waals surface area contributed by atoms with Crippen molar-refractivity contribution in [2.75, 3.05) is 0 Å². The lowest BCUT2D eigenvalue weighted by Crippen LogP contribution is -2.43. The topological polar surface area (TPSA) is 63.6 Å². The fourth-order valence-corrected chi connectivity index (χ4v) is 2.54. The average molecular weight is 238 g/mol. The van der Waals surface area contributed by atoms with E-state index in [-0.39, 0.29) is 0 Å². The van der Waals surface area contributed by atoms with Crippen LogP contribution in [0, 0.1) is 11.3 Å². The molecule has 0 aromatic carbocycles. The summed E-state index contributed by atoms with van der Waals surface area (Å²) in [6.45, 7) is 6.87. The molecule has 0 radical (unpaired) electrons. The minimum absolute atomic E-state index is 0.491. The number of carboxylic acid groups (broad SMARTS) is 1. The van der Waals surface area contributed by atoms with Crippen LogP contribution in [0.25, 0.3) is 0 Å². The van der Waals surface area contributed by atoms with Crippen LogP contribution in [0.5, 0.6) is 0 Å². The van der Waals surface area contributed by atoms with Gasteiger partial charge in [0.2, 0.25) is 0 Å². The zero-order valence-corrected chi connectivity index (χ0v) is 9.85. The second-order valence-electron chi connectivity index (χ2n) is 4.34. The molecule has 1 saturated carbocycles. The number of carbonyl (C=O) groups excluding carboxylic acids is 1. The molecule has 4 nitrogen and oxygen atoms in total. The fraction of sp³-hybridized carbons (Fsp3) is 0.538. The average Bonchev–Trinajstić information content (AvgIpc) is 2.31. The summed E-state index contributed by atoms with van der Waals surface area (Å²) in [5.41, 5.74) is -1.06. The maximum Gasteiger partial charge on any atom is 0.318 e. The molecule has 1 rings (SSSR count). The van der Waals surface area contributed by atoms with Crippen molar-refractivity contribution >= 4 is 11.9 Å². The first-order valence-electron chi connectivity index (χ1n) is 5.76. The molecule has 0 aromatic rings. The van der Waals surface area contributed by atoms with Gasteiger partial charge in [0.1, 0.15) is 0 Å². The first kappa shape index (κ1) is 13.5. The molecule has 0 aromatic heterocycles. The first-order valence-corrected chi connectivity index (χ1v) is 5.76. The van der Waals surface area contributed by atoms with E-state index in [1.165, 1.54) is 6.08 Å². The zero-order valence-electron chi connectivity index (χ0n) is 9.85. The number of hydrogen-bond acceptors (Lipinski definition) is 3. The molecule has 0 aliphatic heterocycles. The van der Waals surface area contributed by atoms with Gasteiger partial charge in [-0.05, 0) is 12.8 Å². The van der Waals surface area contributed by atoms with Crippen LogP contribution in [0.1, 0.15) is 32.1 Å². The Morgan fingerprint density at radius 3 is 2.24 bits per heavy atom. The van der Waals surface area contributed by atoms with Crippen molar-refractivity contribution in [3.63, 3.8) is 0 Å². The van der Waals surface area contributed by atoms with Gasteiger partial charge in [0.15, 0.2) is 0 Å². The highest BCUT2D eigenvalue weighted by molar-refractivity contribution is 5.86. The predicted molar refractivity (Wildman–Crippen MR) is 63.1 cm³/mol. The fourth-order valence-electron chi connectivity index (χ4n) is 2.54. The number of carbonyl (C=O) groups is 2. The van der Waals surface area contributed by atoms with Crippen LogP contribution in [-0.4, -0.2) is 17.0 Å². The number of aliphatic carboxylic acids is 1. The molecular formula is C13H18O4. The van der Waals surface area contributed by atoms with Gasteiger partial charge >= 0.3 is 11.9 Å². The Hall–Kier alpha value is -1.58. The summed E-state index contributed by atoms with van der Waals surface area (Å²) in [6, 6.07) is 0. The number of esters is 1. The molecule has 1 aliphatic carbocycles. The van der Waals surface area contributed by atoms with Crippen molar-refractivity contribution < 1.29 is 19.4 Å². The van der Waals surface area contributed by atoms with Crippen LogP contribution >= 0.6 is 0 Å². The summed E-state index contributed by atoms with van der Waals surface area (Å²) < 4.78 is 4.71. The smallest absolute Gasteiger partial charge is 0.318 e. The lowest BCUT2D eigenvalue weighted by atomic mass is 9.66. The highest BCUT2D eigenvalue weighted by atomic mass is 16.5. The van der Waals surface area contributed by atoms with Crippen molar-refractivity contribution in [3.8, 4) is 0 Å². The number of ether oxygens (including phenoxy) is 1. The Kier molecular flexibility index (Phi) is 4.49. The van der Waals surface area contributed by atoms with Gasteiger partial charge in [0.05, 0.1) is 17.6 Å². The van der Waals surface area contributed by atoms with Crippen LogP contribution in [0.3, 0.4) is 0 Å². The molecule has 1 fully saturated rings. The van der Waals surface area contributed by atoms with Gasteiger partial charge < -0.3 is 9.84 Å². The summed E-state index contributed by atoms with van der Waals surface area (Å²) >= 11 is 0. The van der Waals surface area contributed by atoms with E-state index in [1.807, 2.05) is 0 Å². The van der Waals surface area contributed by atoms with Gasteiger partial charge in [0, 0.05) is 0 Å². The Morgan fingerprint density at radius 1 is 1.24 bits per heavy atom. The Balaban J connectivity index is 3.01. The molecule has 0 saturated heterocycles. The van der Waals surface area contributed by atoms with E-state index in [2.05, 4.69) is 13.2 Å². The van der Waals surface area contributed by atoms with Crippen molar-refractivity contribution in [2.24, 2.45) is 11.3 Å². The number of hydrogen-bond donors (Lipinski definition) is 1. The summed E-state index contributed by atoms with van der Waals surface area (Å²) in [7, 11) is 0. The third kappa shape index (κ3) is 2.57. The molecule has 4 heteroatoms. The monoisotopic (exact) mass is 238 g/mol. The minimum atomic E-state index is -1.06. The SMILES string of the molecule is C=COC(=O)C(C=C)C1(C(=O)O)CCCCC1. The first-order chi connectivity index (χ1) is 8.08. The number of carboxylic acids is 1. The van der Waals surface area contributed by atoms with E-state index in [1.54, 1.807) is 0 Å². The lowest BCUT2D eigenvalue weighted by molar-refractivity contribution is -0.163. The van der Waals surface area contributed by atoms with Crippen molar-refractivity contribution in [1.29, 1.82) is 0 Å². The largest absolute Gasteiger partial charge is 0.481 e. The molecular weight excluding hydrogens is 220 g/mol. The molecule has 1 atom stereocenters. The van der Waals surface area contributed by atoms with E-state index in [9.17, 15) is 14.7 Å². The maximum absolute atomic E-state index is 11.8. The summed E-state index contributed by atoms with van der Waals surface area (Å²) in [6.07, 6.45) is 6.03. The van der Waals surface area contributed by atoms with Crippen LogP contribution in [-0.2, 0) is 14.3 Å². The van der Waals surface area contributed by atoms with Crippen molar-refractivity contribution in [3.05, 3.63) is 25.5 Å². The molecule has 1 aliphatic rings. The second-order valence-corrected chi connectivity index (χ2v) is 4.34. The van der Waals surface area contributed by atoms with E-state index >= 15 is 0 Å². The minimum Gasteiger partial charge on any atom is -0.481 e. The quantitative estimate of drug-likeness (QED) is 0.454. The molecule has 0 bridgehead atoms. The van der Waals surface area contributed by atoms with Crippen LogP contribution in [0.2, 0.25) is 0 Å². The predicted octanol–water partition coefficient (Wildman–Crippen LogP) is 2.51. The normalized spacial score (nSPS) is 20.0. The van der Waals surface area contributed by atoms with Crippen molar-refractivity contribution in [1.82, 2.24) is 0 Å². The van der Waals surface area contributed by atoms with Gasteiger partial charge in [0.25, 0.3) is 0 Å². The summed E-state index contributed by atoms with van der Waals surface area (Å²) in [5.74, 6) is -2.33. The Morgan fingerprint density at radius 2 is 1.82 bits per heavy atom. The third-order valence-electron chi connectivity index (χ3n) is 3.46. The number of rotatable bonds is 5. The van der Waals surface area contributed by atoms with E-state index in [0.717, 1.165) is 25.5 Å². The lowest BCUT2D eigenvalue weighted by Gasteiger charge is -2.37. The van der Waals surface area contributed by atoms with Crippen molar-refractivity contribution in [2.45, 2.75) is 32.1 Å². The Bertz CT molecular complexity index is 326. The molecule has 1 unspecified atom stereocenters. The van der Waals surface area contributed by atoms with E-state index < -0.39 is 23.3 Å². The van der Waals surface area contributed by atoms with Crippen LogP contribution < -0.4 is 0 Å². The molecule has 0 heterocycles. The molecule has 0 spiro atoms. The van der Waals surface area contributed by atoms with Gasteiger partial charge in [-0.15, -0.1) is 6.58 Å². The highest BCUT2D eigenvalue weighted by Crippen LogP contribution is 2.44. The van der Waals surface area contributed by atoms with Gasteiger partial charge in [-0.2, -0.15) is 0 Å².